The molecule has 1 unspecified atom stereocenters. The summed E-state index contributed by atoms with van der Waals surface area (Å²) in [4.78, 5) is 34.0. The summed E-state index contributed by atoms with van der Waals surface area (Å²) >= 11 is 3.58. The van der Waals surface area contributed by atoms with Crippen LogP contribution in [0.2, 0.25) is 0 Å². The molecule has 6 heteroatoms. The zero-order chi connectivity index (χ0) is 20.3. The number of benzene rings is 2. The molecule has 1 atom stereocenters. The predicted molar refractivity (Wildman–Crippen MR) is 117 cm³/mol. The van der Waals surface area contributed by atoms with Crippen LogP contribution in [0.4, 0.5) is 5.69 Å². The van der Waals surface area contributed by atoms with Crippen LogP contribution in [0.25, 0.3) is 10.9 Å². The van der Waals surface area contributed by atoms with Gasteiger partial charge in [0.15, 0.2) is 5.54 Å². The van der Waals surface area contributed by atoms with Crippen molar-refractivity contribution in [3.63, 3.8) is 0 Å². The van der Waals surface area contributed by atoms with Gasteiger partial charge >= 0.3 is 0 Å². The van der Waals surface area contributed by atoms with E-state index in [1.807, 2.05) is 41.3 Å². The zero-order valence-electron chi connectivity index (χ0n) is 16.5. The van der Waals surface area contributed by atoms with E-state index in [0.717, 1.165) is 50.7 Å². The van der Waals surface area contributed by atoms with Crippen molar-refractivity contribution in [2.24, 2.45) is 0 Å². The highest BCUT2D eigenvalue weighted by molar-refractivity contribution is 9.10. The maximum atomic E-state index is 14.1. The molecule has 0 fully saturated rings. The second-order valence-electron chi connectivity index (χ2n) is 7.77. The molecule has 1 spiro atoms. The number of fused-ring (bicyclic) bond motifs is 6. The van der Waals surface area contributed by atoms with Crippen molar-refractivity contribution in [3.8, 4) is 0 Å². The topological polar surface area (TPSA) is 56.4 Å². The Balaban J connectivity index is 1.90. The first kappa shape index (κ1) is 18.4. The normalized spacial score (nSPS) is 20.4. The summed E-state index contributed by atoms with van der Waals surface area (Å²) in [7, 11) is 0. The van der Waals surface area contributed by atoms with Crippen LogP contribution in [0, 0.1) is 0 Å². The molecule has 2 aliphatic heterocycles. The first-order valence-corrected chi connectivity index (χ1v) is 10.8. The van der Waals surface area contributed by atoms with Gasteiger partial charge in [-0.15, -0.1) is 0 Å². The molecule has 2 aliphatic rings. The Morgan fingerprint density at radius 1 is 1.24 bits per heavy atom. The Hall–Kier alpha value is -2.60. The van der Waals surface area contributed by atoms with E-state index in [2.05, 4.69) is 33.9 Å². The predicted octanol–water partition coefficient (Wildman–Crippen LogP) is 4.34. The fraction of sp³-hybridized carbons (Fsp3) is 0.304. The molecule has 0 bridgehead atoms. The monoisotopic (exact) mass is 451 g/mol. The maximum absolute atomic E-state index is 14.1. The summed E-state index contributed by atoms with van der Waals surface area (Å²) in [5.74, 6) is -0.137. The van der Waals surface area contributed by atoms with Crippen LogP contribution in [0.15, 0.2) is 46.9 Å². The highest BCUT2D eigenvalue weighted by Crippen LogP contribution is 2.52. The Kier molecular flexibility index (Phi) is 4.10. The number of nitrogens with one attached hydrogen (secondary N) is 1. The number of amides is 2. The van der Waals surface area contributed by atoms with Gasteiger partial charge in [-0.2, -0.15) is 0 Å². The van der Waals surface area contributed by atoms with E-state index in [1.54, 1.807) is 11.8 Å². The summed E-state index contributed by atoms with van der Waals surface area (Å²) in [6, 6.07) is 14.1. The van der Waals surface area contributed by atoms with Crippen molar-refractivity contribution < 1.29 is 9.59 Å². The first-order chi connectivity index (χ1) is 14.0. The summed E-state index contributed by atoms with van der Waals surface area (Å²) < 4.78 is 0.897. The lowest BCUT2D eigenvalue weighted by atomic mass is 9.80. The molecule has 0 radical (unpaired) electrons. The minimum Gasteiger partial charge on any atom is -0.355 e. The Labute approximate surface area is 177 Å². The van der Waals surface area contributed by atoms with Crippen molar-refractivity contribution in [1.29, 1.82) is 0 Å². The molecule has 1 aromatic heterocycles. The average molecular weight is 452 g/mol. The van der Waals surface area contributed by atoms with Crippen molar-refractivity contribution in [2.45, 2.75) is 32.2 Å². The van der Waals surface area contributed by atoms with Crippen LogP contribution in [0.5, 0.6) is 0 Å². The highest BCUT2D eigenvalue weighted by atomic mass is 79.9. The molecule has 148 valence electrons. The van der Waals surface area contributed by atoms with Gasteiger partial charge < -0.3 is 14.8 Å². The Morgan fingerprint density at radius 3 is 2.79 bits per heavy atom. The van der Waals surface area contributed by atoms with E-state index in [0.29, 0.717) is 13.1 Å². The number of hydrogen-bond donors (Lipinski definition) is 1. The summed E-state index contributed by atoms with van der Waals surface area (Å²) in [5.41, 5.74) is 3.58. The number of nitrogens with zero attached hydrogens (tertiary/aromatic N) is 2. The van der Waals surface area contributed by atoms with E-state index in [1.165, 1.54) is 0 Å². The molecule has 29 heavy (non-hydrogen) atoms. The molecular weight excluding hydrogens is 430 g/mol. The Morgan fingerprint density at radius 2 is 2.03 bits per heavy atom. The molecule has 1 N–H and O–H groups in total. The van der Waals surface area contributed by atoms with Crippen molar-refractivity contribution >= 4 is 44.3 Å². The van der Waals surface area contributed by atoms with Crippen LogP contribution >= 0.6 is 15.9 Å². The minimum atomic E-state index is -1.15. The second kappa shape index (κ2) is 6.46. The van der Waals surface area contributed by atoms with E-state index in [9.17, 15) is 9.59 Å². The van der Waals surface area contributed by atoms with E-state index < -0.39 is 5.54 Å². The summed E-state index contributed by atoms with van der Waals surface area (Å²) in [6.07, 6.45) is 1.57. The fourth-order valence-corrected chi connectivity index (χ4v) is 5.45. The van der Waals surface area contributed by atoms with Gasteiger partial charge in [0.2, 0.25) is 5.91 Å². The molecule has 0 saturated carbocycles. The van der Waals surface area contributed by atoms with Crippen molar-refractivity contribution in [1.82, 2.24) is 9.88 Å². The molecule has 5 nitrogen and oxygen atoms in total. The third-order valence-electron chi connectivity index (χ3n) is 6.19. The molecule has 3 aromatic rings. The number of aromatic nitrogens is 1. The standard InChI is InChI=1S/C23H22BrN3O2/c1-3-11-26-20-9-8-15(24)13-18(20)23(22(26)29)21-17(10-12-27(23)14(2)28)16-6-4-5-7-19(16)25-21/h4-9,13,25H,3,10-12H2,1-2H3. The third kappa shape index (κ3) is 2.32. The lowest BCUT2D eigenvalue weighted by Crippen LogP contribution is -2.58. The van der Waals surface area contributed by atoms with Crippen LogP contribution in [0.3, 0.4) is 0 Å². The van der Waals surface area contributed by atoms with Crippen molar-refractivity contribution in [2.75, 3.05) is 18.0 Å². The number of para-hydroxylation sites is 1. The number of carbonyl (C=O) groups excluding carboxylic acids is 2. The highest BCUT2D eigenvalue weighted by Gasteiger charge is 2.60. The lowest BCUT2D eigenvalue weighted by molar-refractivity contribution is -0.143. The fourth-order valence-electron chi connectivity index (χ4n) is 5.09. The smallest absolute Gasteiger partial charge is 0.263 e. The number of H-pyrrole nitrogens is 1. The lowest BCUT2D eigenvalue weighted by Gasteiger charge is -2.43. The first-order valence-electron chi connectivity index (χ1n) is 10.0. The molecule has 0 saturated heterocycles. The van der Waals surface area contributed by atoms with Crippen LogP contribution in [-0.4, -0.2) is 34.8 Å². The SMILES string of the molecule is CCCN1C(=O)C2(c3cc(Br)ccc31)c1[nH]c3ccccc3c1CCN2C(C)=O. The number of halogens is 1. The molecule has 3 heterocycles. The number of hydrogen-bond acceptors (Lipinski definition) is 2. The van der Waals surface area contributed by atoms with Gasteiger partial charge in [-0.3, -0.25) is 9.59 Å². The second-order valence-corrected chi connectivity index (χ2v) is 8.69. The van der Waals surface area contributed by atoms with Gasteiger partial charge in [-0.05, 0) is 42.7 Å². The molecule has 5 rings (SSSR count). The Bertz CT molecular complexity index is 1170. The average Bonchev–Trinajstić information content (AvgIpc) is 3.19. The van der Waals surface area contributed by atoms with E-state index in [4.69, 9.17) is 0 Å². The van der Waals surface area contributed by atoms with Crippen LogP contribution in [-0.2, 0) is 21.5 Å². The van der Waals surface area contributed by atoms with Gasteiger partial charge in [0.1, 0.15) is 0 Å². The quantitative estimate of drug-likeness (QED) is 0.629. The summed E-state index contributed by atoms with van der Waals surface area (Å²) in [6.45, 7) is 4.76. The molecular formula is C23H22BrN3O2. The third-order valence-corrected chi connectivity index (χ3v) is 6.68. The van der Waals surface area contributed by atoms with Gasteiger partial charge in [0.05, 0.1) is 11.4 Å². The zero-order valence-corrected chi connectivity index (χ0v) is 18.0. The number of anilines is 1. The molecule has 2 amide bonds. The van der Waals surface area contributed by atoms with Crippen LogP contribution < -0.4 is 4.90 Å². The minimum absolute atomic E-state index is 0.0462. The summed E-state index contributed by atoms with van der Waals surface area (Å²) in [5, 5.41) is 1.13. The van der Waals surface area contributed by atoms with Crippen molar-refractivity contribution in [3.05, 3.63) is 63.8 Å². The molecule has 0 aliphatic carbocycles. The van der Waals surface area contributed by atoms with Gasteiger partial charge in [-0.1, -0.05) is 41.1 Å². The largest absolute Gasteiger partial charge is 0.355 e. The van der Waals surface area contributed by atoms with E-state index in [-0.39, 0.29) is 11.8 Å². The molecule has 2 aromatic carbocycles. The number of carbonyl (C=O) groups is 2. The maximum Gasteiger partial charge on any atom is 0.263 e. The van der Waals surface area contributed by atoms with E-state index >= 15 is 0 Å². The van der Waals surface area contributed by atoms with Crippen LogP contribution in [0.1, 0.15) is 37.1 Å². The number of rotatable bonds is 2. The number of aromatic amines is 1. The van der Waals surface area contributed by atoms with Gasteiger partial charge in [0, 0.05) is 41.0 Å². The van der Waals surface area contributed by atoms with Gasteiger partial charge in [0.25, 0.3) is 5.91 Å². The van der Waals surface area contributed by atoms with Gasteiger partial charge in [-0.25, -0.2) is 0 Å².